The van der Waals surface area contributed by atoms with Crippen molar-refractivity contribution >= 4 is 17.6 Å². The predicted molar refractivity (Wildman–Crippen MR) is 82.4 cm³/mol. The van der Waals surface area contributed by atoms with Crippen molar-refractivity contribution in [1.29, 1.82) is 0 Å². The SMILES string of the molecule is COc1ccccc1OCCOc1ccc(Cl)cc1C(=O)O. The quantitative estimate of drug-likeness (QED) is 0.790. The van der Waals surface area contributed by atoms with Crippen molar-refractivity contribution in [3.63, 3.8) is 0 Å². The minimum Gasteiger partial charge on any atom is -0.493 e. The molecule has 0 aromatic heterocycles. The Morgan fingerprint density at radius 2 is 1.68 bits per heavy atom. The maximum absolute atomic E-state index is 11.1. The number of rotatable bonds is 7. The Bertz CT molecular complexity index is 657. The van der Waals surface area contributed by atoms with Crippen molar-refractivity contribution in [3.8, 4) is 17.2 Å². The van der Waals surface area contributed by atoms with Crippen molar-refractivity contribution in [3.05, 3.63) is 53.1 Å². The molecule has 0 radical (unpaired) electrons. The molecule has 0 atom stereocenters. The molecule has 0 fully saturated rings. The van der Waals surface area contributed by atoms with E-state index in [4.69, 9.17) is 30.9 Å². The lowest BCUT2D eigenvalue weighted by Gasteiger charge is -2.12. The summed E-state index contributed by atoms with van der Waals surface area (Å²) in [5.74, 6) is 0.382. The van der Waals surface area contributed by atoms with Crippen LogP contribution in [0.2, 0.25) is 5.02 Å². The Kier molecular flexibility index (Phi) is 5.49. The van der Waals surface area contributed by atoms with E-state index in [2.05, 4.69) is 0 Å². The minimum atomic E-state index is -1.09. The standard InChI is InChI=1S/C16H15ClO5/c1-20-14-4-2-3-5-15(14)22-9-8-21-13-7-6-11(17)10-12(13)16(18)19/h2-7,10H,8-9H2,1H3,(H,18,19). The zero-order valence-electron chi connectivity index (χ0n) is 11.9. The number of methoxy groups -OCH3 is 1. The van der Waals surface area contributed by atoms with Crippen LogP contribution >= 0.6 is 11.6 Å². The number of para-hydroxylation sites is 2. The monoisotopic (exact) mass is 322 g/mol. The van der Waals surface area contributed by atoms with Gasteiger partial charge in [0.2, 0.25) is 0 Å². The van der Waals surface area contributed by atoms with Crippen LogP contribution in [0.4, 0.5) is 0 Å². The van der Waals surface area contributed by atoms with Gasteiger partial charge < -0.3 is 19.3 Å². The summed E-state index contributed by atoms with van der Waals surface area (Å²) in [6.07, 6.45) is 0. The average Bonchev–Trinajstić information content (AvgIpc) is 2.52. The molecule has 0 aliphatic carbocycles. The molecule has 2 rings (SSSR count). The highest BCUT2D eigenvalue weighted by Gasteiger charge is 2.12. The number of hydrogen-bond acceptors (Lipinski definition) is 4. The molecule has 0 saturated carbocycles. The molecule has 0 heterocycles. The summed E-state index contributed by atoms with van der Waals surface area (Å²) in [7, 11) is 1.56. The number of carboxylic acid groups (broad SMARTS) is 1. The first-order valence-corrected chi connectivity index (χ1v) is 6.91. The summed E-state index contributed by atoms with van der Waals surface area (Å²) < 4.78 is 16.2. The van der Waals surface area contributed by atoms with Gasteiger partial charge in [-0.2, -0.15) is 0 Å². The van der Waals surface area contributed by atoms with Crippen LogP contribution in [0, 0.1) is 0 Å². The van der Waals surface area contributed by atoms with Gasteiger partial charge in [0.25, 0.3) is 0 Å². The van der Waals surface area contributed by atoms with E-state index in [9.17, 15) is 4.79 Å². The molecule has 0 aliphatic rings. The molecule has 5 nitrogen and oxygen atoms in total. The lowest BCUT2D eigenvalue weighted by Crippen LogP contribution is -2.11. The van der Waals surface area contributed by atoms with Gasteiger partial charge in [0, 0.05) is 5.02 Å². The fraction of sp³-hybridized carbons (Fsp3) is 0.188. The maximum Gasteiger partial charge on any atom is 0.339 e. The van der Waals surface area contributed by atoms with E-state index in [1.807, 2.05) is 12.1 Å². The average molecular weight is 323 g/mol. The molecular formula is C16H15ClO5. The molecule has 116 valence electrons. The third kappa shape index (κ3) is 4.05. The van der Waals surface area contributed by atoms with Gasteiger partial charge in [-0.05, 0) is 30.3 Å². The highest BCUT2D eigenvalue weighted by atomic mass is 35.5. The normalized spacial score (nSPS) is 10.1. The van der Waals surface area contributed by atoms with Crippen LogP contribution in [0.5, 0.6) is 17.2 Å². The van der Waals surface area contributed by atoms with E-state index in [1.165, 1.54) is 12.1 Å². The van der Waals surface area contributed by atoms with Crippen molar-refractivity contribution in [1.82, 2.24) is 0 Å². The fourth-order valence-corrected chi connectivity index (χ4v) is 2.01. The zero-order valence-corrected chi connectivity index (χ0v) is 12.7. The molecule has 0 bridgehead atoms. The smallest absolute Gasteiger partial charge is 0.339 e. The summed E-state index contributed by atoms with van der Waals surface area (Å²) in [6.45, 7) is 0.446. The second-order valence-corrected chi connectivity index (χ2v) is 4.73. The Labute approximate surface area is 133 Å². The molecule has 0 amide bonds. The first-order chi connectivity index (χ1) is 10.6. The van der Waals surface area contributed by atoms with Gasteiger partial charge in [0.05, 0.1) is 7.11 Å². The van der Waals surface area contributed by atoms with E-state index in [0.717, 1.165) is 0 Å². The summed E-state index contributed by atoms with van der Waals surface area (Å²) >= 11 is 5.78. The van der Waals surface area contributed by atoms with E-state index in [-0.39, 0.29) is 24.5 Å². The highest BCUT2D eigenvalue weighted by Crippen LogP contribution is 2.26. The van der Waals surface area contributed by atoms with E-state index in [0.29, 0.717) is 16.5 Å². The second kappa shape index (κ2) is 7.56. The highest BCUT2D eigenvalue weighted by molar-refractivity contribution is 6.31. The molecular weight excluding hydrogens is 308 g/mol. The third-order valence-corrected chi connectivity index (χ3v) is 3.07. The van der Waals surface area contributed by atoms with E-state index in [1.54, 1.807) is 25.3 Å². The van der Waals surface area contributed by atoms with Gasteiger partial charge in [0.15, 0.2) is 11.5 Å². The van der Waals surface area contributed by atoms with Gasteiger partial charge in [-0.1, -0.05) is 23.7 Å². The second-order valence-electron chi connectivity index (χ2n) is 4.29. The van der Waals surface area contributed by atoms with Gasteiger partial charge in [-0.25, -0.2) is 4.79 Å². The zero-order chi connectivity index (χ0) is 15.9. The van der Waals surface area contributed by atoms with Crippen molar-refractivity contribution in [2.75, 3.05) is 20.3 Å². The van der Waals surface area contributed by atoms with Crippen LogP contribution in [0.3, 0.4) is 0 Å². The summed E-state index contributed by atoms with van der Waals surface area (Å²) in [5, 5.41) is 9.45. The summed E-state index contributed by atoms with van der Waals surface area (Å²) in [6, 6.07) is 11.7. The molecule has 2 aromatic rings. The Morgan fingerprint density at radius 3 is 2.32 bits per heavy atom. The van der Waals surface area contributed by atoms with Crippen LogP contribution in [-0.4, -0.2) is 31.4 Å². The minimum absolute atomic E-state index is 0.0183. The first kappa shape index (κ1) is 16.0. The van der Waals surface area contributed by atoms with Gasteiger partial charge in [0.1, 0.15) is 24.5 Å². The Hall–Kier alpha value is -2.40. The number of benzene rings is 2. The number of hydrogen-bond donors (Lipinski definition) is 1. The lowest BCUT2D eigenvalue weighted by atomic mass is 10.2. The van der Waals surface area contributed by atoms with Gasteiger partial charge in [-0.3, -0.25) is 0 Å². The molecule has 6 heteroatoms. The van der Waals surface area contributed by atoms with Gasteiger partial charge >= 0.3 is 5.97 Å². The summed E-state index contributed by atoms with van der Waals surface area (Å²) in [5.41, 5.74) is 0.0183. The molecule has 0 unspecified atom stereocenters. The van der Waals surface area contributed by atoms with E-state index < -0.39 is 5.97 Å². The number of carboxylic acids is 1. The molecule has 2 aromatic carbocycles. The number of aromatic carboxylic acids is 1. The van der Waals surface area contributed by atoms with Crippen LogP contribution in [0.15, 0.2) is 42.5 Å². The molecule has 1 N–H and O–H groups in total. The number of carbonyl (C=O) groups is 1. The number of halogens is 1. The van der Waals surface area contributed by atoms with Crippen molar-refractivity contribution in [2.24, 2.45) is 0 Å². The number of ether oxygens (including phenoxy) is 3. The van der Waals surface area contributed by atoms with Crippen molar-refractivity contribution in [2.45, 2.75) is 0 Å². The predicted octanol–water partition coefficient (Wildman–Crippen LogP) is 3.50. The molecule has 22 heavy (non-hydrogen) atoms. The van der Waals surface area contributed by atoms with Gasteiger partial charge in [-0.15, -0.1) is 0 Å². The molecule has 0 saturated heterocycles. The fourth-order valence-electron chi connectivity index (χ4n) is 1.84. The Morgan fingerprint density at radius 1 is 1.05 bits per heavy atom. The van der Waals surface area contributed by atoms with Crippen molar-refractivity contribution < 1.29 is 24.1 Å². The third-order valence-electron chi connectivity index (χ3n) is 2.84. The van der Waals surface area contributed by atoms with E-state index >= 15 is 0 Å². The maximum atomic E-state index is 11.1. The Balaban J connectivity index is 1.93. The van der Waals surface area contributed by atoms with Crippen LogP contribution in [-0.2, 0) is 0 Å². The van der Waals surface area contributed by atoms with Crippen LogP contribution in [0.1, 0.15) is 10.4 Å². The lowest BCUT2D eigenvalue weighted by molar-refractivity contribution is 0.0691. The summed E-state index contributed by atoms with van der Waals surface area (Å²) in [4.78, 5) is 11.1. The first-order valence-electron chi connectivity index (χ1n) is 6.53. The van der Waals surface area contributed by atoms with Crippen LogP contribution < -0.4 is 14.2 Å². The molecule has 0 spiro atoms. The topological polar surface area (TPSA) is 65.0 Å². The molecule has 0 aliphatic heterocycles. The van der Waals surface area contributed by atoms with Crippen LogP contribution in [0.25, 0.3) is 0 Å². The largest absolute Gasteiger partial charge is 0.493 e.